The van der Waals surface area contributed by atoms with Crippen molar-refractivity contribution in [2.45, 2.75) is 44.7 Å². The molecule has 0 saturated carbocycles. The minimum absolute atomic E-state index is 0.0414. The molecule has 2 rings (SSSR count). The molecule has 2 aliphatic rings. The van der Waals surface area contributed by atoms with Crippen molar-refractivity contribution >= 4 is 11.9 Å². The third kappa shape index (κ3) is 2.60. The molecule has 2 fully saturated rings. The second-order valence-corrected chi connectivity index (χ2v) is 5.09. The maximum Gasteiger partial charge on any atom is 0.306 e. The van der Waals surface area contributed by atoms with Crippen molar-refractivity contribution in [3.05, 3.63) is 0 Å². The monoisotopic (exact) mass is 240 g/mol. The molecular weight excluding hydrogens is 220 g/mol. The summed E-state index contributed by atoms with van der Waals surface area (Å²) in [4.78, 5) is 25.0. The van der Waals surface area contributed by atoms with Crippen LogP contribution in [-0.2, 0) is 9.59 Å². The average Bonchev–Trinajstić information content (AvgIpc) is 2.81. The molecular formula is C12H20N2O3. The topological polar surface area (TPSA) is 69.6 Å². The molecule has 3 atom stereocenters. The van der Waals surface area contributed by atoms with Gasteiger partial charge in [-0.05, 0) is 39.2 Å². The van der Waals surface area contributed by atoms with Crippen molar-refractivity contribution in [3.63, 3.8) is 0 Å². The number of likely N-dealkylation sites (tertiary alicyclic amines) is 1. The van der Waals surface area contributed by atoms with Gasteiger partial charge in [0.25, 0.3) is 0 Å². The fourth-order valence-corrected chi connectivity index (χ4v) is 2.82. The number of hydrogen-bond acceptors (Lipinski definition) is 3. The van der Waals surface area contributed by atoms with Gasteiger partial charge < -0.3 is 15.3 Å². The Morgan fingerprint density at radius 1 is 1.35 bits per heavy atom. The molecule has 0 bridgehead atoms. The lowest BCUT2D eigenvalue weighted by atomic mass is 9.91. The highest BCUT2D eigenvalue weighted by atomic mass is 16.4. The molecule has 3 unspecified atom stereocenters. The van der Waals surface area contributed by atoms with Crippen molar-refractivity contribution in [2.24, 2.45) is 5.92 Å². The summed E-state index contributed by atoms with van der Waals surface area (Å²) in [6.45, 7) is 3.44. The molecule has 96 valence electrons. The maximum atomic E-state index is 12.2. The predicted molar refractivity (Wildman–Crippen MR) is 62.6 cm³/mol. The van der Waals surface area contributed by atoms with Gasteiger partial charge in [-0.25, -0.2) is 0 Å². The average molecular weight is 240 g/mol. The summed E-state index contributed by atoms with van der Waals surface area (Å²) in [7, 11) is 0. The van der Waals surface area contributed by atoms with E-state index in [2.05, 4.69) is 5.32 Å². The van der Waals surface area contributed by atoms with E-state index in [0.717, 1.165) is 19.4 Å². The van der Waals surface area contributed by atoms with Gasteiger partial charge in [-0.2, -0.15) is 0 Å². The molecule has 2 saturated heterocycles. The molecule has 0 spiro atoms. The van der Waals surface area contributed by atoms with Crippen molar-refractivity contribution in [1.82, 2.24) is 10.2 Å². The number of carboxylic acids is 1. The van der Waals surface area contributed by atoms with E-state index in [0.29, 0.717) is 19.4 Å². The highest BCUT2D eigenvalue weighted by molar-refractivity contribution is 5.83. The smallest absolute Gasteiger partial charge is 0.306 e. The molecule has 0 aromatic heterocycles. The minimum atomic E-state index is -0.733. The third-order valence-electron chi connectivity index (χ3n) is 3.87. The largest absolute Gasteiger partial charge is 0.481 e. The number of carboxylic acid groups (broad SMARTS) is 1. The standard InChI is InChI=1S/C12H20N2O3/c1-8-7-9(12(16)17)4-6-14(8)11(15)10-3-2-5-13-10/h8-10,13H,2-7H2,1H3,(H,16,17). The van der Waals surface area contributed by atoms with Gasteiger partial charge in [0.1, 0.15) is 0 Å². The Morgan fingerprint density at radius 2 is 2.12 bits per heavy atom. The van der Waals surface area contributed by atoms with Gasteiger partial charge in [-0.3, -0.25) is 9.59 Å². The molecule has 5 nitrogen and oxygen atoms in total. The molecule has 2 aliphatic heterocycles. The summed E-state index contributed by atoms with van der Waals surface area (Å²) in [5, 5.41) is 12.2. The number of carbonyl (C=O) groups excluding carboxylic acids is 1. The zero-order chi connectivity index (χ0) is 12.4. The van der Waals surface area contributed by atoms with E-state index in [1.165, 1.54) is 0 Å². The Kier molecular flexibility index (Phi) is 3.66. The Hall–Kier alpha value is -1.10. The zero-order valence-electron chi connectivity index (χ0n) is 10.2. The quantitative estimate of drug-likeness (QED) is 0.735. The Morgan fingerprint density at radius 3 is 2.65 bits per heavy atom. The molecule has 0 aromatic carbocycles. The van der Waals surface area contributed by atoms with Crippen molar-refractivity contribution in [2.75, 3.05) is 13.1 Å². The molecule has 2 heterocycles. The maximum absolute atomic E-state index is 12.2. The number of hydrogen-bond donors (Lipinski definition) is 2. The van der Waals surface area contributed by atoms with Crippen LogP contribution in [-0.4, -0.2) is 47.1 Å². The number of nitrogens with one attached hydrogen (secondary N) is 1. The zero-order valence-corrected chi connectivity index (χ0v) is 10.2. The van der Waals surface area contributed by atoms with Gasteiger partial charge in [0.05, 0.1) is 12.0 Å². The first-order valence-electron chi connectivity index (χ1n) is 6.36. The lowest BCUT2D eigenvalue weighted by Crippen LogP contribution is -2.51. The predicted octanol–water partition coefficient (Wildman–Crippen LogP) is 0.450. The van der Waals surface area contributed by atoms with Gasteiger partial charge in [-0.1, -0.05) is 0 Å². The van der Waals surface area contributed by atoms with Crippen LogP contribution in [0, 0.1) is 5.92 Å². The first-order chi connectivity index (χ1) is 8.09. The van der Waals surface area contributed by atoms with E-state index in [4.69, 9.17) is 5.11 Å². The summed E-state index contributed by atoms with van der Waals surface area (Å²) < 4.78 is 0. The summed E-state index contributed by atoms with van der Waals surface area (Å²) in [5.41, 5.74) is 0. The fraction of sp³-hybridized carbons (Fsp3) is 0.833. The molecule has 0 aliphatic carbocycles. The highest BCUT2D eigenvalue weighted by Gasteiger charge is 2.35. The van der Waals surface area contributed by atoms with Crippen molar-refractivity contribution in [3.8, 4) is 0 Å². The van der Waals surface area contributed by atoms with E-state index in [1.807, 2.05) is 11.8 Å². The van der Waals surface area contributed by atoms with Crippen LogP contribution in [0.1, 0.15) is 32.6 Å². The highest BCUT2D eigenvalue weighted by Crippen LogP contribution is 2.24. The first kappa shape index (κ1) is 12.4. The summed E-state index contributed by atoms with van der Waals surface area (Å²) in [6.07, 6.45) is 3.12. The van der Waals surface area contributed by atoms with E-state index in [-0.39, 0.29) is 23.9 Å². The lowest BCUT2D eigenvalue weighted by Gasteiger charge is -2.37. The second-order valence-electron chi connectivity index (χ2n) is 5.09. The van der Waals surface area contributed by atoms with Crippen LogP contribution in [0.3, 0.4) is 0 Å². The van der Waals surface area contributed by atoms with Gasteiger partial charge in [0, 0.05) is 12.6 Å². The number of rotatable bonds is 2. The molecule has 2 N–H and O–H groups in total. The van der Waals surface area contributed by atoms with Crippen LogP contribution in [0.5, 0.6) is 0 Å². The third-order valence-corrected chi connectivity index (χ3v) is 3.87. The molecule has 1 amide bonds. The van der Waals surface area contributed by atoms with E-state index in [9.17, 15) is 9.59 Å². The number of nitrogens with zero attached hydrogens (tertiary/aromatic N) is 1. The van der Waals surface area contributed by atoms with Gasteiger partial charge >= 0.3 is 5.97 Å². The molecule has 0 aromatic rings. The van der Waals surface area contributed by atoms with E-state index >= 15 is 0 Å². The number of piperidine rings is 1. The summed E-state index contributed by atoms with van der Waals surface area (Å²) in [6, 6.07) is -0.00132. The second kappa shape index (κ2) is 5.04. The van der Waals surface area contributed by atoms with Crippen molar-refractivity contribution < 1.29 is 14.7 Å². The van der Waals surface area contributed by atoms with Crippen LogP contribution in [0.15, 0.2) is 0 Å². The van der Waals surface area contributed by atoms with E-state index in [1.54, 1.807) is 0 Å². The van der Waals surface area contributed by atoms with Crippen molar-refractivity contribution in [1.29, 1.82) is 0 Å². The Balaban J connectivity index is 1.94. The first-order valence-corrected chi connectivity index (χ1v) is 6.36. The SMILES string of the molecule is CC1CC(C(=O)O)CCN1C(=O)C1CCCN1. The van der Waals surface area contributed by atoms with Crippen LogP contribution in [0.2, 0.25) is 0 Å². The van der Waals surface area contributed by atoms with E-state index < -0.39 is 5.97 Å². The van der Waals surface area contributed by atoms with Crippen LogP contribution in [0.25, 0.3) is 0 Å². The fourth-order valence-electron chi connectivity index (χ4n) is 2.82. The van der Waals surface area contributed by atoms with Gasteiger partial charge in [-0.15, -0.1) is 0 Å². The Labute approximate surface area is 101 Å². The Bertz CT molecular complexity index is 313. The van der Waals surface area contributed by atoms with Crippen LogP contribution in [0.4, 0.5) is 0 Å². The van der Waals surface area contributed by atoms with Crippen LogP contribution < -0.4 is 5.32 Å². The van der Waals surface area contributed by atoms with Gasteiger partial charge in [0.15, 0.2) is 0 Å². The van der Waals surface area contributed by atoms with Gasteiger partial charge in [0.2, 0.25) is 5.91 Å². The van der Waals surface area contributed by atoms with Crippen LogP contribution >= 0.6 is 0 Å². The molecule has 0 radical (unpaired) electrons. The lowest BCUT2D eigenvalue weighted by molar-refractivity contribution is -0.148. The molecule has 17 heavy (non-hydrogen) atoms. The normalized spacial score (nSPS) is 33.7. The number of amides is 1. The number of carbonyl (C=O) groups is 2. The number of aliphatic carboxylic acids is 1. The summed E-state index contributed by atoms with van der Waals surface area (Å²) >= 11 is 0. The minimum Gasteiger partial charge on any atom is -0.481 e. The molecule has 5 heteroatoms. The summed E-state index contributed by atoms with van der Waals surface area (Å²) in [5.74, 6) is -0.868.